The first-order valence-corrected chi connectivity index (χ1v) is 4.41. The molecule has 1 rings (SSSR count). The molecule has 1 amide bonds. The quantitative estimate of drug-likeness (QED) is 0.757. The van der Waals surface area contributed by atoms with Gasteiger partial charge < -0.3 is 9.84 Å². The van der Waals surface area contributed by atoms with Crippen LogP contribution in [0.25, 0.3) is 0 Å². The molecule has 0 aliphatic carbocycles. The van der Waals surface area contributed by atoms with E-state index in [-0.39, 0.29) is 5.91 Å². The first-order chi connectivity index (χ1) is 6.22. The number of aryl methyl sites for hydroxylation is 1. The number of rotatable bonds is 4. The summed E-state index contributed by atoms with van der Waals surface area (Å²) in [5.74, 6) is 0.872. The molecule has 0 aliphatic rings. The molecule has 0 bridgehead atoms. The summed E-state index contributed by atoms with van der Waals surface area (Å²) in [4.78, 5) is 10.9. The van der Waals surface area contributed by atoms with E-state index < -0.39 is 0 Å². The summed E-state index contributed by atoms with van der Waals surface area (Å²) in [5, 5.41) is 6.58. The summed E-state index contributed by atoms with van der Waals surface area (Å²) < 4.78 is 4.89. The smallest absolute Gasteiger partial charge is 0.219 e. The van der Waals surface area contributed by atoms with Gasteiger partial charge in [-0.1, -0.05) is 12.1 Å². The Kier molecular flexibility index (Phi) is 3.49. The zero-order valence-electron chi connectivity index (χ0n) is 7.96. The maximum absolute atomic E-state index is 10.9. The average molecular weight is 182 g/mol. The molecule has 1 heterocycles. The lowest BCUT2D eigenvalue weighted by Gasteiger charge is -1.99. The van der Waals surface area contributed by atoms with Crippen LogP contribution in [0.3, 0.4) is 0 Å². The fourth-order valence-electron chi connectivity index (χ4n) is 0.991. The van der Waals surface area contributed by atoms with Crippen molar-refractivity contribution in [2.24, 2.45) is 0 Å². The molecule has 72 valence electrons. The number of hydrogen-bond acceptors (Lipinski definition) is 3. The van der Waals surface area contributed by atoms with E-state index >= 15 is 0 Å². The van der Waals surface area contributed by atoms with Crippen LogP contribution in [0.2, 0.25) is 0 Å². The molecule has 1 aromatic rings. The van der Waals surface area contributed by atoms with Gasteiger partial charge in [0.2, 0.25) is 5.91 Å². The molecule has 0 aromatic carbocycles. The third-order valence-electron chi connectivity index (χ3n) is 1.70. The van der Waals surface area contributed by atoms with Gasteiger partial charge in [0.25, 0.3) is 0 Å². The summed E-state index contributed by atoms with van der Waals surface area (Å²) in [5.41, 5.74) is 0.883. The average Bonchev–Trinajstić information content (AvgIpc) is 2.51. The van der Waals surface area contributed by atoms with Gasteiger partial charge in [0.15, 0.2) is 0 Å². The molecule has 1 N–H and O–H groups in total. The van der Waals surface area contributed by atoms with Crippen LogP contribution in [-0.2, 0) is 11.2 Å². The second kappa shape index (κ2) is 4.64. The highest BCUT2D eigenvalue weighted by Gasteiger charge is 2.00. The van der Waals surface area contributed by atoms with Crippen LogP contribution in [0.1, 0.15) is 24.8 Å². The van der Waals surface area contributed by atoms with Gasteiger partial charge in [0.05, 0.1) is 5.69 Å². The van der Waals surface area contributed by atoms with Gasteiger partial charge in [0.1, 0.15) is 5.76 Å². The Bertz CT molecular complexity index is 281. The fourth-order valence-corrected chi connectivity index (χ4v) is 0.991. The molecule has 0 unspecified atom stereocenters. The van der Waals surface area contributed by atoms with E-state index in [0.29, 0.717) is 13.0 Å². The molecule has 0 saturated heterocycles. The van der Waals surface area contributed by atoms with E-state index in [9.17, 15) is 4.79 Å². The van der Waals surface area contributed by atoms with Crippen molar-refractivity contribution in [3.8, 4) is 0 Å². The Morgan fingerprint density at radius 3 is 3.00 bits per heavy atom. The predicted molar refractivity (Wildman–Crippen MR) is 48.2 cm³/mol. The SMILES string of the molecule is CCC(=O)NCCc1cc(C)on1. The highest BCUT2D eigenvalue weighted by molar-refractivity contribution is 5.75. The van der Waals surface area contributed by atoms with E-state index in [1.165, 1.54) is 0 Å². The van der Waals surface area contributed by atoms with Crippen molar-refractivity contribution in [3.63, 3.8) is 0 Å². The Hall–Kier alpha value is -1.32. The first-order valence-electron chi connectivity index (χ1n) is 4.41. The van der Waals surface area contributed by atoms with Crippen molar-refractivity contribution in [2.75, 3.05) is 6.54 Å². The van der Waals surface area contributed by atoms with E-state index in [1.807, 2.05) is 19.9 Å². The van der Waals surface area contributed by atoms with Gasteiger partial charge in [-0.05, 0) is 6.92 Å². The topological polar surface area (TPSA) is 55.1 Å². The Morgan fingerprint density at radius 1 is 1.69 bits per heavy atom. The third kappa shape index (κ3) is 3.27. The fraction of sp³-hybridized carbons (Fsp3) is 0.556. The predicted octanol–water partition coefficient (Wildman–Crippen LogP) is 1.05. The van der Waals surface area contributed by atoms with Gasteiger partial charge in [0, 0.05) is 25.5 Å². The molecule has 4 heteroatoms. The zero-order valence-corrected chi connectivity index (χ0v) is 7.96. The van der Waals surface area contributed by atoms with Crippen LogP contribution in [0.15, 0.2) is 10.6 Å². The molecule has 0 aliphatic heterocycles. The van der Waals surface area contributed by atoms with Crippen LogP contribution in [-0.4, -0.2) is 17.6 Å². The monoisotopic (exact) mass is 182 g/mol. The minimum absolute atomic E-state index is 0.0696. The maximum Gasteiger partial charge on any atom is 0.219 e. The highest BCUT2D eigenvalue weighted by atomic mass is 16.5. The Labute approximate surface area is 77.3 Å². The number of carbonyl (C=O) groups excluding carboxylic acids is 1. The largest absolute Gasteiger partial charge is 0.361 e. The molecule has 0 radical (unpaired) electrons. The molecular weight excluding hydrogens is 168 g/mol. The van der Waals surface area contributed by atoms with E-state index in [0.717, 1.165) is 17.9 Å². The van der Waals surface area contributed by atoms with Gasteiger partial charge in [-0.15, -0.1) is 0 Å². The molecule has 1 aromatic heterocycles. The third-order valence-corrected chi connectivity index (χ3v) is 1.70. The van der Waals surface area contributed by atoms with Gasteiger partial charge in [-0.3, -0.25) is 4.79 Å². The van der Waals surface area contributed by atoms with Crippen molar-refractivity contribution < 1.29 is 9.32 Å². The lowest BCUT2D eigenvalue weighted by Crippen LogP contribution is -2.24. The van der Waals surface area contributed by atoms with Crippen molar-refractivity contribution in [1.82, 2.24) is 10.5 Å². The molecular formula is C9H14N2O2. The lowest BCUT2D eigenvalue weighted by molar-refractivity contribution is -0.120. The summed E-state index contributed by atoms with van der Waals surface area (Å²) in [6, 6.07) is 1.87. The number of nitrogens with zero attached hydrogens (tertiary/aromatic N) is 1. The van der Waals surface area contributed by atoms with Crippen molar-refractivity contribution in [2.45, 2.75) is 26.7 Å². The van der Waals surface area contributed by atoms with Crippen molar-refractivity contribution in [1.29, 1.82) is 0 Å². The van der Waals surface area contributed by atoms with Crippen molar-refractivity contribution >= 4 is 5.91 Å². The molecule has 0 spiro atoms. The van der Waals surface area contributed by atoms with E-state index in [4.69, 9.17) is 4.52 Å². The number of hydrogen-bond donors (Lipinski definition) is 1. The standard InChI is InChI=1S/C9H14N2O2/c1-3-9(12)10-5-4-8-6-7(2)13-11-8/h6H,3-5H2,1-2H3,(H,10,12). The maximum atomic E-state index is 10.9. The minimum atomic E-state index is 0.0696. The molecule has 0 saturated carbocycles. The van der Waals surface area contributed by atoms with Crippen LogP contribution in [0, 0.1) is 6.92 Å². The van der Waals surface area contributed by atoms with E-state index in [1.54, 1.807) is 0 Å². The van der Waals surface area contributed by atoms with Crippen LogP contribution >= 0.6 is 0 Å². The van der Waals surface area contributed by atoms with Crippen LogP contribution < -0.4 is 5.32 Å². The number of aromatic nitrogens is 1. The summed E-state index contributed by atoms with van der Waals surface area (Å²) in [6.07, 6.45) is 1.25. The van der Waals surface area contributed by atoms with Crippen molar-refractivity contribution in [3.05, 3.63) is 17.5 Å². The van der Waals surface area contributed by atoms with E-state index in [2.05, 4.69) is 10.5 Å². The first kappa shape index (κ1) is 9.77. The van der Waals surface area contributed by atoms with Crippen LogP contribution in [0.4, 0.5) is 0 Å². The second-order valence-electron chi connectivity index (χ2n) is 2.88. The molecule has 13 heavy (non-hydrogen) atoms. The lowest BCUT2D eigenvalue weighted by atomic mass is 10.3. The summed E-state index contributed by atoms with van der Waals surface area (Å²) in [6.45, 7) is 4.30. The second-order valence-corrected chi connectivity index (χ2v) is 2.88. The highest BCUT2D eigenvalue weighted by Crippen LogP contribution is 2.01. The molecule has 4 nitrogen and oxygen atoms in total. The van der Waals surface area contributed by atoms with Crippen LogP contribution in [0.5, 0.6) is 0 Å². The minimum Gasteiger partial charge on any atom is -0.361 e. The Balaban J connectivity index is 2.24. The van der Waals surface area contributed by atoms with Gasteiger partial charge >= 0.3 is 0 Å². The summed E-state index contributed by atoms with van der Waals surface area (Å²) in [7, 11) is 0. The number of nitrogens with one attached hydrogen (secondary N) is 1. The van der Waals surface area contributed by atoms with Gasteiger partial charge in [-0.2, -0.15) is 0 Å². The number of amides is 1. The number of carbonyl (C=O) groups is 1. The zero-order chi connectivity index (χ0) is 9.68. The Morgan fingerprint density at radius 2 is 2.46 bits per heavy atom. The van der Waals surface area contributed by atoms with Gasteiger partial charge in [-0.25, -0.2) is 0 Å². The molecule has 0 atom stereocenters. The molecule has 0 fully saturated rings. The normalized spacial score (nSPS) is 10.0. The summed E-state index contributed by atoms with van der Waals surface area (Å²) >= 11 is 0.